The van der Waals surface area contributed by atoms with Crippen LogP contribution in [0.15, 0.2) is 20.5 Å². The molecule has 0 unspecified atom stereocenters. The molecule has 0 aliphatic rings. The normalized spacial score (nSPS) is 11.3. The van der Waals surface area contributed by atoms with Crippen molar-refractivity contribution >= 4 is 0 Å². The summed E-state index contributed by atoms with van der Waals surface area (Å²) in [5.41, 5.74) is 32.0. The Kier molecular flexibility index (Phi) is 46.4. The summed E-state index contributed by atoms with van der Waals surface area (Å²) < 4.78 is 66.7. The van der Waals surface area contributed by atoms with E-state index in [9.17, 15) is 0 Å². The van der Waals surface area contributed by atoms with Crippen molar-refractivity contribution in [2.45, 2.75) is 0 Å². The number of terminal acetylenes is 4. The third kappa shape index (κ3) is 40.4. The first-order valence-corrected chi connectivity index (χ1v) is 19.2. The highest BCUT2D eigenvalue weighted by Crippen LogP contribution is 2.22. The van der Waals surface area contributed by atoms with Crippen molar-refractivity contribution in [1.29, 1.82) is 0 Å². The van der Waals surface area contributed by atoms with Crippen LogP contribution in [0, 0.1) is 60.2 Å². The van der Waals surface area contributed by atoms with Crippen molar-refractivity contribution in [2.24, 2.45) is 31.3 Å². The predicted molar refractivity (Wildman–Crippen MR) is 226 cm³/mol. The van der Waals surface area contributed by atoms with Crippen LogP contribution in [-0.2, 0) is 56.8 Å². The first kappa shape index (κ1) is 59.1. The maximum Gasteiger partial charge on any atom is 0.107 e. The molecule has 0 N–H and O–H groups in total. The molecule has 0 aromatic heterocycles. The summed E-state index contributed by atoms with van der Waals surface area (Å²) in [5, 5.41) is 13.6. The van der Waals surface area contributed by atoms with E-state index in [1.165, 1.54) is 0 Å². The molecule has 0 saturated heterocycles. The van der Waals surface area contributed by atoms with Gasteiger partial charge in [0.2, 0.25) is 0 Å². The second-order valence-electron chi connectivity index (χ2n) is 12.3. The van der Waals surface area contributed by atoms with Gasteiger partial charge in [0.05, 0.1) is 143 Å². The molecule has 0 aliphatic heterocycles. The Hall–Kier alpha value is -5.00. The van der Waals surface area contributed by atoms with E-state index in [0.29, 0.717) is 79.3 Å². The van der Waals surface area contributed by atoms with Crippen molar-refractivity contribution in [3.05, 3.63) is 41.8 Å². The Labute approximate surface area is 363 Å². The van der Waals surface area contributed by atoms with Gasteiger partial charge in [-0.25, -0.2) is 0 Å². The summed E-state index contributed by atoms with van der Waals surface area (Å²) in [5.74, 6) is 9.64. The summed E-state index contributed by atoms with van der Waals surface area (Å²) in [6, 6.07) is 0. The fourth-order valence-electron chi connectivity index (χ4n) is 4.41. The molecule has 62 heavy (non-hydrogen) atoms. The van der Waals surface area contributed by atoms with Gasteiger partial charge in [-0.1, -0.05) is 44.1 Å². The van der Waals surface area contributed by atoms with Gasteiger partial charge < -0.3 is 56.8 Å². The van der Waals surface area contributed by atoms with Crippen LogP contribution >= 0.6 is 0 Å². The summed E-state index contributed by atoms with van der Waals surface area (Å²) in [7, 11) is 0. The largest absolute Gasteiger partial charge is 0.380 e. The minimum atomic E-state index is -0.737. The molecule has 0 radical (unpaired) electrons. The SMILES string of the molecule is C#CCOCCOCC(COCCOCC#C)(COCCOCC#C)COCCOCC#C.[N-]=[N+]=NCCOCC(COCCN=[N+]=[N-])(COCCN=[N+]=[N-])COCCN=[N+]=[N-]. The van der Waals surface area contributed by atoms with E-state index >= 15 is 0 Å². The Bertz CT molecular complexity index is 1240. The van der Waals surface area contributed by atoms with Crippen LogP contribution in [0.4, 0.5) is 0 Å². The van der Waals surface area contributed by atoms with Crippen LogP contribution in [0.1, 0.15) is 0 Å². The Balaban J connectivity index is 0. The zero-order chi connectivity index (χ0) is 45.8. The van der Waals surface area contributed by atoms with Crippen molar-refractivity contribution < 1.29 is 56.8 Å². The lowest BCUT2D eigenvalue weighted by atomic mass is 9.92. The standard InChI is InChI=1S/C25H36O8.C13H24N12O4/c1-5-9-26-13-17-30-21-25(22-31-18-14-27-10-6-2,23-32-19-15-28-11-7-3)24-33-20-16-29-12-8-4;14-22-18-1-5-26-9-13(10-27-6-2-19-23-15,11-28-7-3-20-24-16)12-29-8-4-21-25-17/h1-4H,9-24H2;1-12H2. The topological polar surface area (TPSA) is 306 Å². The van der Waals surface area contributed by atoms with Gasteiger partial charge in [0.25, 0.3) is 0 Å². The molecule has 0 saturated carbocycles. The number of hydrogen-bond donors (Lipinski definition) is 0. The maximum absolute atomic E-state index is 8.33. The Morgan fingerprint density at radius 3 is 0.661 bits per heavy atom. The highest BCUT2D eigenvalue weighted by molar-refractivity contribution is 4.85. The van der Waals surface area contributed by atoms with Gasteiger partial charge in [-0.15, -0.1) is 25.7 Å². The fourth-order valence-corrected chi connectivity index (χ4v) is 4.41. The molecular formula is C38H60N12O12. The van der Waals surface area contributed by atoms with Crippen molar-refractivity contribution in [2.75, 3.05) is 185 Å². The lowest BCUT2D eigenvalue weighted by Gasteiger charge is -2.33. The summed E-state index contributed by atoms with van der Waals surface area (Å²) in [6.07, 6.45) is 20.7. The van der Waals surface area contributed by atoms with Gasteiger partial charge in [0.1, 0.15) is 26.4 Å². The Morgan fingerprint density at radius 2 is 0.484 bits per heavy atom. The third-order valence-electron chi connectivity index (χ3n) is 7.09. The minimum Gasteiger partial charge on any atom is -0.380 e. The monoisotopic (exact) mass is 876 g/mol. The summed E-state index contributed by atoms with van der Waals surface area (Å²) >= 11 is 0. The molecule has 0 spiro atoms. The number of hydrogen-bond acceptors (Lipinski definition) is 16. The fraction of sp³-hybridized carbons (Fsp3) is 0.789. The van der Waals surface area contributed by atoms with Gasteiger partial charge in [-0.3, -0.25) is 0 Å². The zero-order valence-corrected chi connectivity index (χ0v) is 35.4. The lowest BCUT2D eigenvalue weighted by Crippen LogP contribution is -2.42. The molecule has 0 aliphatic carbocycles. The van der Waals surface area contributed by atoms with E-state index in [0.717, 1.165) is 0 Å². The van der Waals surface area contributed by atoms with Gasteiger partial charge >= 0.3 is 0 Å². The first-order valence-electron chi connectivity index (χ1n) is 19.2. The average molecular weight is 877 g/mol. The van der Waals surface area contributed by atoms with E-state index in [4.69, 9.17) is 105 Å². The van der Waals surface area contributed by atoms with Crippen LogP contribution in [0.2, 0.25) is 0 Å². The van der Waals surface area contributed by atoms with Crippen LogP contribution < -0.4 is 0 Å². The third-order valence-corrected chi connectivity index (χ3v) is 7.09. The molecule has 0 bridgehead atoms. The number of ether oxygens (including phenoxy) is 12. The molecule has 0 rings (SSSR count). The number of nitrogens with zero attached hydrogens (tertiary/aromatic N) is 12. The maximum atomic E-state index is 8.33. The molecule has 0 aromatic carbocycles. The molecular weight excluding hydrogens is 816 g/mol. The smallest absolute Gasteiger partial charge is 0.107 e. The summed E-state index contributed by atoms with van der Waals surface area (Å²) in [6.45, 7) is 7.27. The quantitative estimate of drug-likeness (QED) is 0.0277. The molecule has 0 atom stereocenters. The molecule has 24 heteroatoms. The highest BCUT2D eigenvalue weighted by atomic mass is 16.6. The molecule has 0 heterocycles. The Morgan fingerprint density at radius 1 is 0.306 bits per heavy atom. The average Bonchev–Trinajstić information content (AvgIpc) is 3.28. The molecule has 0 aromatic rings. The van der Waals surface area contributed by atoms with E-state index in [-0.39, 0.29) is 105 Å². The number of azide groups is 4. The molecule has 344 valence electrons. The minimum absolute atomic E-state index is 0.165. The zero-order valence-electron chi connectivity index (χ0n) is 35.4. The lowest BCUT2D eigenvalue weighted by molar-refractivity contribution is -0.119. The first-order chi connectivity index (χ1) is 30.5. The van der Waals surface area contributed by atoms with E-state index in [2.05, 4.69) is 63.8 Å². The van der Waals surface area contributed by atoms with Crippen molar-refractivity contribution in [3.63, 3.8) is 0 Å². The van der Waals surface area contributed by atoms with Crippen LogP contribution in [0.3, 0.4) is 0 Å². The van der Waals surface area contributed by atoms with E-state index < -0.39 is 10.8 Å². The molecule has 24 nitrogen and oxygen atoms in total. The van der Waals surface area contributed by atoms with Gasteiger partial charge in [-0.05, 0) is 22.1 Å². The molecule has 0 fully saturated rings. The number of rotatable bonds is 44. The second-order valence-corrected chi connectivity index (χ2v) is 12.3. The van der Waals surface area contributed by atoms with Crippen LogP contribution in [0.25, 0.3) is 41.8 Å². The van der Waals surface area contributed by atoms with Crippen molar-refractivity contribution in [3.8, 4) is 49.4 Å². The predicted octanol–water partition coefficient (Wildman–Crippen LogP) is 3.92. The van der Waals surface area contributed by atoms with Gasteiger partial charge in [0, 0.05) is 45.8 Å². The van der Waals surface area contributed by atoms with Gasteiger partial charge in [-0.2, -0.15) is 0 Å². The van der Waals surface area contributed by atoms with Gasteiger partial charge in [0.15, 0.2) is 0 Å². The summed E-state index contributed by atoms with van der Waals surface area (Å²) in [4.78, 5) is 10.6. The van der Waals surface area contributed by atoms with Crippen LogP contribution in [0.5, 0.6) is 0 Å². The highest BCUT2D eigenvalue weighted by Gasteiger charge is 2.33. The van der Waals surface area contributed by atoms with Crippen molar-refractivity contribution in [1.82, 2.24) is 0 Å². The molecule has 0 amide bonds. The van der Waals surface area contributed by atoms with Crippen LogP contribution in [-0.4, -0.2) is 185 Å². The van der Waals surface area contributed by atoms with E-state index in [1.807, 2.05) is 0 Å². The van der Waals surface area contributed by atoms with E-state index in [1.54, 1.807) is 0 Å². The second kappa shape index (κ2) is 48.7.